The first-order valence-electron chi connectivity index (χ1n) is 5.00. The molecule has 0 aliphatic rings. The van der Waals surface area contributed by atoms with Crippen molar-refractivity contribution in [2.45, 2.75) is 6.18 Å². The second-order valence-electron chi connectivity index (χ2n) is 3.38. The predicted molar refractivity (Wildman–Crippen MR) is 61.2 cm³/mol. The Bertz CT molecular complexity index is 464. The summed E-state index contributed by atoms with van der Waals surface area (Å²) < 4.78 is 35.4. The van der Waals surface area contributed by atoms with Crippen molar-refractivity contribution >= 4 is 0 Å². The van der Waals surface area contributed by atoms with E-state index in [0.29, 0.717) is 0 Å². The van der Waals surface area contributed by atoms with E-state index in [-0.39, 0.29) is 11.5 Å². The van der Waals surface area contributed by atoms with Gasteiger partial charge < -0.3 is 10.2 Å². The summed E-state index contributed by atoms with van der Waals surface area (Å²) in [6.45, 7) is 0. The van der Waals surface area contributed by atoms with E-state index in [1.54, 1.807) is 12.1 Å². The summed E-state index contributed by atoms with van der Waals surface area (Å²) in [5.74, 6) is 0.176. The molecule has 96 valence electrons. The van der Waals surface area contributed by atoms with Crippen molar-refractivity contribution in [1.82, 2.24) is 0 Å². The van der Waals surface area contributed by atoms with Gasteiger partial charge in [-0.1, -0.05) is 36.4 Å². The third-order valence-corrected chi connectivity index (χ3v) is 1.93. The molecule has 0 radical (unpaired) electrons. The van der Waals surface area contributed by atoms with Crippen LogP contribution in [-0.2, 0) is 6.18 Å². The number of hydrogen-bond donors (Lipinski definition) is 2. The van der Waals surface area contributed by atoms with Crippen LogP contribution in [0.2, 0.25) is 0 Å². The molecular formula is C13H11F3O2. The average Bonchev–Trinajstić information content (AvgIpc) is 2.29. The third-order valence-electron chi connectivity index (χ3n) is 1.93. The number of alkyl halides is 3. The Morgan fingerprint density at radius 3 is 1.50 bits per heavy atom. The van der Waals surface area contributed by atoms with E-state index in [9.17, 15) is 13.2 Å². The number of phenols is 2. The highest BCUT2D eigenvalue weighted by atomic mass is 19.4. The van der Waals surface area contributed by atoms with Crippen LogP contribution >= 0.6 is 0 Å². The van der Waals surface area contributed by atoms with Gasteiger partial charge in [0.1, 0.15) is 11.5 Å². The zero-order valence-corrected chi connectivity index (χ0v) is 9.22. The molecule has 2 rings (SSSR count). The van der Waals surface area contributed by atoms with Crippen molar-refractivity contribution in [2.75, 3.05) is 0 Å². The SMILES string of the molecule is FC(F)(F)c1ccccc1.Oc1cccc(O)c1. The second kappa shape index (κ2) is 5.95. The summed E-state index contributed by atoms with van der Waals surface area (Å²) in [6.07, 6.45) is -4.21. The summed E-state index contributed by atoms with van der Waals surface area (Å²) in [6, 6.07) is 12.2. The average molecular weight is 256 g/mol. The van der Waals surface area contributed by atoms with Crippen LogP contribution < -0.4 is 0 Å². The highest BCUT2D eigenvalue weighted by molar-refractivity contribution is 5.30. The zero-order chi connectivity index (χ0) is 13.6. The molecule has 0 aliphatic heterocycles. The van der Waals surface area contributed by atoms with Crippen LogP contribution in [0.1, 0.15) is 5.56 Å². The molecule has 0 fully saturated rings. The molecule has 0 atom stereocenters. The van der Waals surface area contributed by atoms with Gasteiger partial charge in [0.2, 0.25) is 0 Å². The lowest BCUT2D eigenvalue weighted by Gasteiger charge is -2.03. The zero-order valence-electron chi connectivity index (χ0n) is 9.22. The molecule has 0 aliphatic carbocycles. The summed E-state index contributed by atoms with van der Waals surface area (Å²) in [7, 11) is 0. The molecule has 2 nitrogen and oxygen atoms in total. The monoisotopic (exact) mass is 256 g/mol. The lowest BCUT2D eigenvalue weighted by molar-refractivity contribution is -0.137. The molecule has 0 amide bonds. The van der Waals surface area contributed by atoms with Crippen LogP contribution in [0.5, 0.6) is 11.5 Å². The normalized spacial score (nSPS) is 10.4. The maximum atomic E-state index is 11.8. The van der Waals surface area contributed by atoms with Crippen LogP contribution in [-0.4, -0.2) is 10.2 Å². The van der Waals surface area contributed by atoms with Crippen molar-refractivity contribution in [1.29, 1.82) is 0 Å². The molecule has 2 N–H and O–H groups in total. The molecule has 0 heterocycles. The number of aromatic hydroxyl groups is 2. The minimum atomic E-state index is -4.21. The topological polar surface area (TPSA) is 40.5 Å². The molecule has 0 unspecified atom stereocenters. The Morgan fingerprint density at radius 1 is 0.722 bits per heavy atom. The van der Waals surface area contributed by atoms with Gasteiger partial charge >= 0.3 is 6.18 Å². The number of rotatable bonds is 0. The van der Waals surface area contributed by atoms with Crippen molar-refractivity contribution in [3.63, 3.8) is 0 Å². The van der Waals surface area contributed by atoms with Gasteiger partial charge in [0.05, 0.1) is 5.56 Å². The van der Waals surface area contributed by atoms with E-state index in [0.717, 1.165) is 12.1 Å². The summed E-state index contributed by atoms with van der Waals surface area (Å²) in [5.41, 5.74) is -0.602. The maximum Gasteiger partial charge on any atom is 0.416 e. The lowest BCUT2D eigenvalue weighted by atomic mass is 10.2. The number of benzene rings is 2. The quantitative estimate of drug-likeness (QED) is 0.752. The number of halogens is 3. The smallest absolute Gasteiger partial charge is 0.416 e. The molecule has 5 heteroatoms. The summed E-state index contributed by atoms with van der Waals surface area (Å²) in [4.78, 5) is 0. The molecule has 0 saturated carbocycles. The molecule has 2 aromatic rings. The van der Waals surface area contributed by atoms with Gasteiger partial charge in [0, 0.05) is 6.07 Å². The van der Waals surface area contributed by atoms with Crippen molar-refractivity contribution < 1.29 is 23.4 Å². The van der Waals surface area contributed by atoms with Crippen LogP contribution in [0.15, 0.2) is 54.6 Å². The van der Waals surface area contributed by atoms with E-state index < -0.39 is 11.7 Å². The molecular weight excluding hydrogens is 245 g/mol. The van der Waals surface area contributed by atoms with Crippen molar-refractivity contribution in [3.8, 4) is 11.5 Å². The van der Waals surface area contributed by atoms with Gasteiger partial charge in [-0.05, 0) is 12.1 Å². The number of hydrogen-bond acceptors (Lipinski definition) is 2. The Morgan fingerprint density at radius 2 is 1.22 bits per heavy atom. The highest BCUT2D eigenvalue weighted by Gasteiger charge is 2.29. The first kappa shape index (κ1) is 13.9. The molecule has 0 saturated heterocycles. The fraction of sp³-hybridized carbons (Fsp3) is 0.0769. The van der Waals surface area contributed by atoms with Crippen LogP contribution in [0.3, 0.4) is 0 Å². The predicted octanol–water partition coefficient (Wildman–Crippen LogP) is 3.80. The Labute approximate surface area is 102 Å². The Hall–Kier alpha value is -2.17. The first-order valence-corrected chi connectivity index (χ1v) is 5.00. The van der Waals surface area contributed by atoms with E-state index in [4.69, 9.17) is 10.2 Å². The molecule has 0 bridgehead atoms. The van der Waals surface area contributed by atoms with Gasteiger partial charge in [-0.15, -0.1) is 0 Å². The van der Waals surface area contributed by atoms with Crippen LogP contribution in [0.25, 0.3) is 0 Å². The van der Waals surface area contributed by atoms with Gasteiger partial charge in [-0.2, -0.15) is 13.2 Å². The molecule has 0 spiro atoms. The highest BCUT2D eigenvalue weighted by Crippen LogP contribution is 2.28. The van der Waals surface area contributed by atoms with E-state index in [1.165, 1.54) is 30.3 Å². The molecule has 2 aromatic carbocycles. The minimum Gasteiger partial charge on any atom is -0.508 e. The standard InChI is InChI=1S/C7H5F3.C6H6O2/c8-7(9,10)6-4-2-1-3-5-6;7-5-2-1-3-6(8)4-5/h1-5H;1-4,7-8H. The molecule has 0 aromatic heterocycles. The lowest BCUT2D eigenvalue weighted by Crippen LogP contribution is -2.03. The fourth-order valence-corrected chi connectivity index (χ4v) is 1.12. The summed E-state index contributed by atoms with van der Waals surface area (Å²) >= 11 is 0. The molecule has 18 heavy (non-hydrogen) atoms. The van der Waals surface area contributed by atoms with Crippen LogP contribution in [0, 0.1) is 0 Å². The van der Waals surface area contributed by atoms with Gasteiger partial charge in [-0.3, -0.25) is 0 Å². The Balaban J connectivity index is 0.000000184. The van der Waals surface area contributed by atoms with E-state index in [1.807, 2.05) is 0 Å². The Kier molecular flexibility index (Phi) is 4.59. The van der Waals surface area contributed by atoms with Gasteiger partial charge in [0.15, 0.2) is 0 Å². The van der Waals surface area contributed by atoms with Crippen molar-refractivity contribution in [2.24, 2.45) is 0 Å². The van der Waals surface area contributed by atoms with E-state index in [2.05, 4.69) is 0 Å². The first-order chi connectivity index (χ1) is 8.39. The van der Waals surface area contributed by atoms with Gasteiger partial charge in [-0.25, -0.2) is 0 Å². The largest absolute Gasteiger partial charge is 0.508 e. The number of phenolic OH excluding ortho intramolecular Hbond substituents is 2. The fourth-order valence-electron chi connectivity index (χ4n) is 1.12. The van der Waals surface area contributed by atoms with Crippen LogP contribution in [0.4, 0.5) is 13.2 Å². The summed E-state index contributed by atoms with van der Waals surface area (Å²) in [5, 5.41) is 17.3. The van der Waals surface area contributed by atoms with Crippen molar-refractivity contribution in [3.05, 3.63) is 60.2 Å². The third kappa shape index (κ3) is 4.78. The second-order valence-corrected chi connectivity index (χ2v) is 3.38. The maximum absolute atomic E-state index is 11.8. The minimum absolute atomic E-state index is 0.0880. The van der Waals surface area contributed by atoms with E-state index >= 15 is 0 Å². The van der Waals surface area contributed by atoms with Gasteiger partial charge in [0.25, 0.3) is 0 Å².